The van der Waals surface area contributed by atoms with E-state index in [2.05, 4.69) is 48.7 Å². The Morgan fingerprint density at radius 2 is 2.05 bits per heavy atom. The van der Waals surface area contributed by atoms with Gasteiger partial charge in [-0.2, -0.15) is 0 Å². The van der Waals surface area contributed by atoms with Gasteiger partial charge in [-0.25, -0.2) is 0 Å². The molecule has 0 spiro atoms. The third kappa shape index (κ3) is 4.06. The molecule has 104 valence electrons. The first-order valence-corrected chi connectivity index (χ1v) is 7.27. The molecular formula is C16H24N2O. The summed E-state index contributed by atoms with van der Waals surface area (Å²) in [7, 11) is 0. The Labute approximate surface area is 115 Å². The third-order valence-electron chi connectivity index (χ3n) is 3.73. The Bertz CT molecular complexity index is 407. The fourth-order valence-corrected chi connectivity index (χ4v) is 2.21. The Balaban J connectivity index is 1.66. The smallest absolute Gasteiger partial charge is 0.237 e. The number of hydrogen-bond acceptors (Lipinski definition) is 2. The summed E-state index contributed by atoms with van der Waals surface area (Å²) in [6.07, 6.45) is 3.00. The topological polar surface area (TPSA) is 41.1 Å². The van der Waals surface area contributed by atoms with Crippen molar-refractivity contribution in [2.45, 2.75) is 45.1 Å². The zero-order valence-electron chi connectivity index (χ0n) is 11.9. The molecule has 1 aromatic rings. The van der Waals surface area contributed by atoms with E-state index in [1.165, 1.54) is 11.1 Å². The lowest BCUT2D eigenvalue weighted by atomic mass is 10.0. The van der Waals surface area contributed by atoms with Crippen LogP contribution in [0.3, 0.4) is 0 Å². The van der Waals surface area contributed by atoms with E-state index >= 15 is 0 Å². The summed E-state index contributed by atoms with van der Waals surface area (Å²) in [6.45, 7) is 6.15. The molecule has 1 heterocycles. The summed E-state index contributed by atoms with van der Waals surface area (Å²) in [6, 6.07) is 8.87. The van der Waals surface area contributed by atoms with Crippen molar-refractivity contribution >= 4 is 5.91 Å². The molecule has 3 nitrogen and oxygen atoms in total. The Kier molecular flexibility index (Phi) is 4.97. The number of benzene rings is 1. The first-order valence-electron chi connectivity index (χ1n) is 7.27. The predicted molar refractivity (Wildman–Crippen MR) is 78.3 cm³/mol. The normalized spacial score (nSPS) is 18.2. The van der Waals surface area contributed by atoms with E-state index in [0.29, 0.717) is 5.92 Å². The van der Waals surface area contributed by atoms with E-state index in [1.807, 2.05) is 0 Å². The number of carbonyl (C=O) groups excluding carboxylic acids is 1. The van der Waals surface area contributed by atoms with Gasteiger partial charge in [-0.1, -0.05) is 38.1 Å². The molecule has 0 bridgehead atoms. The quantitative estimate of drug-likeness (QED) is 0.770. The monoisotopic (exact) mass is 260 g/mol. The molecule has 0 saturated carbocycles. The van der Waals surface area contributed by atoms with Crippen molar-refractivity contribution in [2.75, 3.05) is 13.1 Å². The van der Waals surface area contributed by atoms with Crippen LogP contribution in [0.25, 0.3) is 0 Å². The highest BCUT2D eigenvalue weighted by molar-refractivity contribution is 5.82. The van der Waals surface area contributed by atoms with Crippen molar-refractivity contribution < 1.29 is 4.79 Å². The number of nitrogens with one attached hydrogen (secondary N) is 2. The molecule has 19 heavy (non-hydrogen) atoms. The van der Waals surface area contributed by atoms with E-state index in [9.17, 15) is 4.79 Å². The highest BCUT2D eigenvalue weighted by Crippen LogP contribution is 2.15. The third-order valence-corrected chi connectivity index (χ3v) is 3.73. The second kappa shape index (κ2) is 6.71. The molecule has 1 aliphatic rings. The second-order valence-electron chi connectivity index (χ2n) is 5.59. The van der Waals surface area contributed by atoms with Crippen molar-refractivity contribution in [1.29, 1.82) is 0 Å². The van der Waals surface area contributed by atoms with Crippen LogP contribution in [0, 0.1) is 0 Å². The van der Waals surface area contributed by atoms with Gasteiger partial charge < -0.3 is 10.6 Å². The molecule has 1 fully saturated rings. The van der Waals surface area contributed by atoms with E-state index in [4.69, 9.17) is 0 Å². The lowest BCUT2D eigenvalue weighted by Gasteiger charge is -2.26. The number of aryl methyl sites for hydroxylation is 1. The van der Waals surface area contributed by atoms with Gasteiger partial charge in [-0.15, -0.1) is 0 Å². The molecule has 0 radical (unpaired) electrons. The summed E-state index contributed by atoms with van der Waals surface area (Å²) in [5, 5.41) is 6.09. The minimum absolute atomic E-state index is 0.0605. The average Bonchev–Trinajstić information content (AvgIpc) is 2.33. The SMILES string of the molecule is CC(C)c1ccc(CCCNC(=O)[C@@H]2CCN2)cc1. The molecule has 1 aliphatic heterocycles. The van der Waals surface area contributed by atoms with Gasteiger partial charge in [0, 0.05) is 6.54 Å². The van der Waals surface area contributed by atoms with Crippen LogP contribution in [-0.2, 0) is 11.2 Å². The maximum atomic E-state index is 11.6. The molecule has 1 atom stereocenters. The first kappa shape index (κ1) is 14.1. The van der Waals surface area contributed by atoms with E-state index in [0.717, 1.165) is 32.4 Å². The Morgan fingerprint density at radius 3 is 2.58 bits per heavy atom. The van der Waals surface area contributed by atoms with Crippen LogP contribution in [0.2, 0.25) is 0 Å². The number of amides is 1. The van der Waals surface area contributed by atoms with Crippen LogP contribution in [0.15, 0.2) is 24.3 Å². The summed E-state index contributed by atoms with van der Waals surface area (Å²) < 4.78 is 0. The zero-order valence-corrected chi connectivity index (χ0v) is 11.9. The van der Waals surface area contributed by atoms with Crippen LogP contribution in [0.1, 0.15) is 43.7 Å². The molecule has 1 aromatic carbocycles. The summed E-state index contributed by atoms with van der Waals surface area (Å²) in [4.78, 5) is 11.6. The molecule has 3 heteroatoms. The highest BCUT2D eigenvalue weighted by Gasteiger charge is 2.23. The minimum atomic E-state index is 0.0605. The molecule has 2 rings (SSSR count). The number of carbonyl (C=O) groups is 1. The van der Waals surface area contributed by atoms with Gasteiger partial charge in [-0.05, 0) is 42.9 Å². The fourth-order valence-electron chi connectivity index (χ4n) is 2.21. The van der Waals surface area contributed by atoms with Gasteiger partial charge in [0.15, 0.2) is 0 Å². The van der Waals surface area contributed by atoms with Gasteiger partial charge in [0.2, 0.25) is 5.91 Å². The van der Waals surface area contributed by atoms with Crippen molar-refractivity contribution in [2.24, 2.45) is 0 Å². The van der Waals surface area contributed by atoms with Crippen LogP contribution >= 0.6 is 0 Å². The van der Waals surface area contributed by atoms with Crippen molar-refractivity contribution in [3.05, 3.63) is 35.4 Å². The zero-order chi connectivity index (χ0) is 13.7. The Morgan fingerprint density at radius 1 is 1.37 bits per heavy atom. The van der Waals surface area contributed by atoms with Crippen LogP contribution in [0.4, 0.5) is 0 Å². The molecule has 0 aliphatic carbocycles. The largest absolute Gasteiger partial charge is 0.355 e. The van der Waals surface area contributed by atoms with E-state index < -0.39 is 0 Å². The maximum Gasteiger partial charge on any atom is 0.237 e. The number of rotatable bonds is 6. The second-order valence-corrected chi connectivity index (χ2v) is 5.59. The molecule has 0 unspecified atom stereocenters. The molecule has 0 aromatic heterocycles. The van der Waals surface area contributed by atoms with Gasteiger partial charge in [-0.3, -0.25) is 4.79 Å². The lowest BCUT2D eigenvalue weighted by Crippen LogP contribution is -2.53. The first-order chi connectivity index (χ1) is 9.16. The van der Waals surface area contributed by atoms with Gasteiger partial charge in [0.05, 0.1) is 6.04 Å². The minimum Gasteiger partial charge on any atom is -0.355 e. The molecular weight excluding hydrogens is 236 g/mol. The standard InChI is InChI=1S/C16H24N2O/c1-12(2)14-7-5-13(6-8-14)4-3-10-18-16(19)15-9-11-17-15/h5-8,12,15,17H,3-4,9-11H2,1-2H3,(H,18,19)/t15-/m0/s1. The lowest BCUT2D eigenvalue weighted by molar-refractivity contribution is -0.124. The maximum absolute atomic E-state index is 11.6. The van der Waals surface area contributed by atoms with Crippen LogP contribution < -0.4 is 10.6 Å². The molecule has 1 saturated heterocycles. The van der Waals surface area contributed by atoms with Gasteiger partial charge in [0.25, 0.3) is 0 Å². The van der Waals surface area contributed by atoms with Crippen molar-refractivity contribution in [3.63, 3.8) is 0 Å². The van der Waals surface area contributed by atoms with Crippen LogP contribution in [0.5, 0.6) is 0 Å². The summed E-state index contributed by atoms with van der Waals surface area (Å²) in [5.74, 6) is 0.740. The highest BCUT2D eigenvalue weighted by atomic mass is 16.2. The van der Waals surface area contributed by atoms with E-state index in [-0.39, 0.29) is 11.9 Å². The van der Waals surface area contributed by atoms with E-state index in [1.54, 1.807) is 0 Å². The molecule has 1 amide bonds. The van der Waals surface area contributed by atoms with Crippen molar-refractivity contribution in [1.82, 2.24) is 10.6 Å². The fraction of sp³-hybridized carbons (Fsp3) is 0.562. The van der Waals surface area contributed by atoms with Crippen LogP contribution in [-0.4, -0.2) is 25.0 Å². The molecule has 2 N–H and O–H groups in total. The van der Waals surface area contributed by atoms with Gasteiger partial charge >= 0.3 is 0 Å². The number of hydrogen-bond donors (Lipinski definition) is 2. The predicted octanol–water partition coefficient (Wildman–Crippen LogP) is 2.22. The van der Waals surface area contributed by atoms with Gasteiger partial charge in [0.1, 0.15) is 0 Å². The van der Waals surface area contributed by atoms with Crippen molar-refractivity contribution in [3.8, 4) is 0 Å². The average molecular weight is 260 g/mol. The summed E-state index contributed by atoms with van der Waals surface area (Å²) >= 11 is 0. The Hall–Kier alpha value is -1.35. The summed E-state index contributed by atoms with van der Waals surface area (Å²) in [5.41, 5.74) is 2.73.